The predicted octanol–water partition coefficient (Wildman–Crippen LogP) is 1.55. The molecule has 1 aliphatic heterocycles. The zero-order valence-corrected chi connectivity index (χ0v) is 17.4. The summed E-state index contributed by atoms with van der Waals surface area (Å²) in [5, 5.41) is 22.5. The number of fused-ring (bicyclic) bond motifs is 1. The Kier molecular flexibility index (Phi) is 6.79. The molecule has 0 aromatic heterocycles. The summed E-state index contributed by atoms with van der Waals surface area (Å²) in [4.78, 5) is 26.9. The monoisotopic (exact) mass is 410 g/mol. The molecule has 0 spiro atoms. The number of rotatable bonds is 7. The molecule has 2 amide bonds. The third-order valence-corrected chi connectivity index (χ3v) is 5.48. The fourth-order valence-corrected chi connectivity index (χ4v) is 3.75. The van der Waals surface area contributed by atoms with Crippen LogP contribution in [0.4, 0.5) is 0 Å². The minimum absolute atomic E-state index is 0.0498. The predicted molar refractivity (Wildman–Crippen MR) is 114 cm³/mol. The molecule has 1 unspecified atom stereocenters. The van der Waals surface area contributed by atoms with Gasteiger partial charge in [-0.3, -0.25) is 9.59 Å². The lowest BCUT2D eigenvalue weighted by atomic mass is 9.73. The van der Waals surface area contributed by atoms with Crippen molar-refractivity contribution >= 4 is 18.9 Å². The van der Waals surface area contributed by atoms with Crippen LogP contribution < -0.4 is 10.1 Å². The summed E-state index contributed by atoms with van der Waals surface area (Å²) >= 11 is 0. The first-order valence-corrected chi connectivity index (χ1v) is 9.98. The van der Waals surface area contributed by atoms with Crippen LogP contribution in [0.25, 0.3) is 0 Å². The zero-order chi connectivity index (χ0) is 21.8. The molecule has 3 rings (SSSR count). The first-order valence-electron chi connectivity index (χ1n) is 9.98. The van der Waals surface area contributed by atoms with Gasteiger partial charge >= 0.3 is 7.12 Å². The summed E-state index contributed by atoms with van der Waals surface area (Å²) < 4.78 is 5.66. The van der Waals surface area contributed by atoms with Crippen LogP contribution in [0.15, 0.2) is 48.5 Å². The van der Waals surface area contributed by atoms with Gasteiger partial charge in [-0.1, -0.05) is 36.4 Å². The Hall–Kier alpha value is -2.84. The number of benzene rings is 2. The Morgan fingerprint density at radius 1 is 1.17 bits per heavy atom. The van der Waals surface area contributed by atoms with E-state index >= 15 is 0 Å². The van der Waals surface area contributed by atoms with Crippen LogP contribution in [0.3, 0.4) is 0 Å². The van der Waals surface area contributed by atoms with Crippen molar-refractivity contribution in [2.45, 2.75) is 31.1 Å². The third-order valence-electron chi connectivity index (χ3n) is 5.48. The molecular weight excluding hydrogens is 383 g/mol. The lowest BCUT2D eigenvalue weighted by molar-refractivity contribution is -0.122. The SMILES string of the molecule is C[C@@H](C(=O)N[C@@H](CC1COc2ccccc21)B(O)O)c1ccccc1C(=O)N(C)C. The maximum atomic E-state index is 12.9. The van der Waals surface area contributed by atoms with E-state index in [2.05, 4.69) is 5.32 Å². The first kappa shape index (κ1) is 21.9. The fourth-order valence-electron chi connectivity index (χ4n) is 3.75. The van der Waals surface area contributed by atoms with E-state index in [0.29, 0.717) is 24.2 Å². The zero-order valence-electron chi connectivity index (χ0n) is 17.4. The van der Waals surface area contributed by atoms with Gasteiger partial charge in [0.1, 0.15) is 5.75 Å². The van der Waals surface area contributed by atoms with Crippen LogP contribution in [0.5, 0.6) is 5.75 Å². The minimum Gasteiger partial charge on any atom is -0.493 e. The topological polar surface area (TPSA) is 99.1 Å². The number of amides is 2. The minimum atomic E-state index is -1.72. The van der Waals surface area contributed by atoms with Crippen LogP contribution in [-0.2, 0) is 4.79 Å². The van der Waals surface area contributed by atoms with Gasteiger partial charge in [0.15, 0.2) is 0 Å². The summed E-state index contributed by atoms with van der Waals surface area (Å²) in [6.07, 6.45) is 0.325. The highest BCUT2D eigenvalue weighted by Gasteiger charge is 2.34. The molecule has 0 saturated carbocycles. The number of hydrogen-bond donors (Lipinski definition) is 3. The molecule has 0 saturated heterocycles. The van der Waals surface area contributed by atoms with E-state index in [4.69, 9.17) is 4.74 Å². The highest BCUT2D eigenvalue weighted by atomic mass is 16.5. The Morgan fingerprint density at radius 2 is 1.83 bits per heavy atom. The van der Waals surface area contributed by atoms with Gasteiger partial charge in [-0.2, -0.15) is 0 Å². The average Bonchev–Trinajstić information content (AvgIpc) is 3.14. The van der Waals surface area contributed by atoms with Crippen molar-refractivity contribution < 1.29 is 24.4 Å². The van der Waals surface area contributed by atoms with Gasteiger partial charge in [0.25, 0.3) is 5.91 Å². The van der Waals surface area contributed by atoms with Crippen molar-refractivity contribution in [1.82, 2.24) is 10.2 Å². The largest absolute Gasteiger partial charge is 0.493 e. The molecule has 3 N–H and O–H groups in total. The van der Waals surface area contributed by atoms with Gasteiger partial charge in [0.05, 0.1) is 18.5 Å². The quantitative estimate of drug-likeness (QED) is 0.602. The number of para-hydroxylation sites is 1. The van der Waals surface area contributed by atoms with Crippen molar-refractivity contribution in [3.05, 3.63) is 65.2 Å². The average molecular weight is 410 g/mol. The number of carbonyl (C=O) groups excluding carboxylic acids is 2. The summed E-state index contributed by atoms with van der Waals surface area (Å²) in [7, 11) is 1.60. The van der Waals surface area contributed by atoms with Gasteiger partial charge in [-0.05, 0) is 31.0 Å². The Balaban J connectivity index is 1.74. The van der Waals surface area contributed by atoms with Gasteiger partial charge in [-0.15, -0.1) is 0 Å². The van der Waals surface area contributed by atoms with E-state index in [1.165, 1.54) is 4.90 Å². The molecule has 1 heterocycles. The number of nitrogens with zero attached hydrogens (tertiary/aromatic N) is 1. The van der Waals surface area contributed by atoms with Gasteiger partial charge in [0.2, 0.25) is 5.91 Å². The van der Waals surface area contributed by atoms with E-state index in [9.17, 15) is 19.6 Å². The van der Waals surface area contributed by atoms with Crippen molar-refractivity contribution in [1.29, 1.82) is 0 Å². The molecule has 2 aromatic carbocycles. The van der Waals surface area contributed by atoms with Crippen LogP contribution in [-0.4, -0.2) is 60.5 Å². The molecule has 7 nitrogen and oxygen atoms in total. The number of nitrogens with one attached hydrogen (secondary N) is 1. The maximum absolute atomic E-state index is 12.9. The van der Waals surface area contributed by atoms with Gasteiger partial charge in [-0.25, -0.2) is 0 Å². The number of hydrogen-bond acceptors (Lipinski definition) is 5. The summed E-state index contributed by atoms with van der Waals surface area (Å²) in [6, 6.07) is 14.6. The van der Waals surface area contributed by atoms with E-state index in [1.807, 2.05) is 24.3 Å². The molecule has 2 aromatic rings. The van der Waals surface area contributed by atoms with Gasteiger partial charge in [0, 0.05) is 31.1 Å². The number of carbonyl (C=O) groups is 2. The van der Waals surface area contributed by atoms with Crippen molar-refractivity contribution in [3.8, 4) is 5.75 Å². The lowest BCUT2D eigenvalue weighted by Crippen LogP contribution is -2.48. The summed E-state index contributed by atoms with van der Waals surface area (Å²) in [6.45, 7) is 2.13. The molecule has 0 bridgehead atoms. The molecule has 3 atom stereocenters. The van der Waals surface area contributed by atoms with Crippen molar-refractivity contribution in [3.63, 3.8) is 0 Å². The van der Waals surface area contributed by atoms with Crippen molar-refractivity contribution in [2.24, 2.45) is 0 Å². The van der Waals surface area contributed by atoms with Crippen LogP contribution in [0.1, 0.15) is 46.7 Å². The van der Waals surface area contributed by atoms with Crippen molar-refractivity contribution in [2.75, 3.05) is 20.7 Å². The van der Waals surface area contributed by atoms with E-state index in [-0.39, 0.29) is 17.7 Å². The van der Waals surface area contributed by atoms with E-state index < -0.39 is 19.0 Å². The molecule has 0 fully saturated rings. The van der Waals surface area contributed by atoms with Gasteiger partial charge < -0.3 is 25.0 Å². The normalized spacial score (nSPS) is 16.8. The lowest BCUT2D eigenvalue weighted by Gasteiger charge is -2.24. The second kappa shape index (κ2) is 9.32. The number of ether oxygens (including phenoxy) is 1. The second-order valence-electron chi connectivity index (χ2n) is 7.82. The summed E-state index contributed by atoms with van der Waals surface area (Å²) in [5.74, 6) is -1.34. The van der Waals surface area contributed by atoms with Crippen LogP contribution in [0, 0.1) is 0 Å². The molecule has 0 aliphatic carbocycles. The highest BCUT2D eigenvalue weighted by Crippen LogP contribution is 2.36. The molecule has 1 aliphatic rings. The second-order valence-corrected chi connectivity index (χ2v) is 7.82. The Morgan fingerprint density at radius 3 is 2.53 bits per heavy atom. The maximum Gasteiger partial charge on any atom is 0.475 e. The van der Waals surface area contributed by atoms with Crippen LogP contribution >= 0.6 is 0 Å². The molecule has 158 valence electrons. The standard InChI is InChI=1S/C22H27BN2O5/c1-14(16-8-4-5-10-18(16)22(27)25(2)3)21(26)24-20(23(28)29)12-15-13-30-19-11-7-6-9-17(15)19/h4-11,14-15,20,28-29H,12-13H2,1-3H3,(H,24,26)/t14-,15?,20+/m1/s1. The summed E-state index contributed by atoms with van der Waals surface area (Å²) in [5.41, 5.74) is 2.03. The first-order chi connectivity index (χ1) is 14.3. The Bertz CT molecular complexity index is 918. The molecule has 30 heavy (non-hydrogen) atoms. The van der Waals surface area contributed by atoms with Crippen LogP contribution in [0.2, 0.25) is 0 Å². The highest BCUT2D eigenvalue weighted by molar-refractivity contribution is 6.43. The smallest absolute Gasteiger partial charge is 0.475 e. The van der Waals surface area contributed by atoms with E-state index in [1.54, 1.807) is 45.3 Å². The molecule has 8 heteroatoms. The third kappa shape index (κ3) is 4.66. The Labute approximate surface area is 176 Å². The molecular formula is C22H27BN2O5. The molecule has 0 radical (unpaired) electrons. The van der Waals surface area contributed by atoms with E-state index in [0.717, 1.165) is 11.3 Å². The fraction of sp³-hybridized carbons (Fsp3) is 0.364.